The van der Waals surface area contributed by atoms with Crippen molar-refractivity contribution in [3.05, 3.63) is 12.2 Å². The predicted molar refractivity (Wildman–Crippen MR) is 271 cm³/mol. The van der Waals surface area contributed by atoms with Gasteiger partial charge in [0.2, 0.25) is 0 Å². The van der Waals surface area contributed by atoms with Crippen LogP contribution in [0.25, 0.3) is 0 Å². The predicted octanol–water partition coefficient (Wildman–Crippen LogP) is 16.5. The molecule has 0 heterocycles. The molecule has 380 valence electrons. The molecule has 0 rings (SSSR count). The van der Waals surface area contributed by atoms with Gasteiger partial charge >= 0.3 is 19.8 Å². The molecule has 0 saturated heterocycles. The molecule has 1 N–H and O–H groups in total. The highest BCUT2D eigenvalue weighted by Gasteiger charge is 2.27. The van der Waals surface area contributed by atoms with Gasteiger partial charge in [-0.25, -0.2) is 4.57 Å². The first kappa shape index (κ1) is 62.8. The van der Waals surface area contributed by atoms with Crippen molar-refractivity contribution in [3.63, 3.8) is 0 Å². The van der Waals surface area contributed by atoms with Gasteiger partial charge < -0.3 is 18.9 Å². The lowest BCUT2D eigenvalue weighted by Gasteiger charge is -2.24. The van der Waals surface area contributed by atoms with Crippen LogP contribution in [-0.4, -0.2) is 74.9 Å². The number of nitrogens with zero attached hydrogens (tertiary/aromatic N) is 1. The Bertz CT molecular complexity index is 1100. The number of allylic oxidation sites excluding steroid dienone is 2. The number of phosphoric ester groups is 1. The Labute approximate surface area is 396 Å². The van der Waals surface area contributed by atoms with Crippen LogP contribution in [0.2, 0.25) is 0 Å². The topological polar surface area (TPSA) is 108 Å². The van der Waals surface area contributed by atoms with Crippen LogP contribution < -0.4 is 0 Å². The van der Waals surface area contributed by atoms with Crippen molar-refractivity contribution in [2.75, 3.05) is 47.5 Å². The van der Waals surface area contributed by atoms with Gasteiger partial charge in [0.1, 0.15) is 19.8 Å². The third kappa shape index (κ3) is 50.2. The molecule has 0 aliphatic rings. The molecule has 0 radical (unpaired) electrons. The lowest BCUT2D eigenvalue weighted by atomic mass is 10.0. The van der Waals surface area contributed by atoms with Crippen LogP contribution in [0.1, 0.15) is 271 Å². The summed E-state index contributed by atoms with van der Waals surface area (Å²) in [6, 6.07) is 0. The van der Waals surface area contributed by atoms with E-state index in [0.29, 0.717) is 23.9 Å². The van der Waals surface area contributed by atoms with E-state index in [1.54, 1.807) is 0 Å². The first-order chi connectivity index (χ1) is 31.0. The summed E-state index contributed by atoms with van der Waals surface area (Å²) in [5, 5.41) is 0. The number of likely N-dealkylation sites (N-methyl/N-ethyl adjacent to an activating group) is 1. The molecule has 1 unspecified atom stereocenters. The van der Waals surface area contributed by atoms with Crippen molar-refractivity contribution in [1.82, 2.24) is 0 Å². The molecule has 0 amide bonds. The molecule has 0 aromatic carbocycles. The smallest absolute Gasteiger partial charge is 0.462 e. The second-order valence-corrected chi connectivity index (χ2v) is 21.4. The summed E-state index contributed by atoms with van der Waals surface area (Å²) in [7, 11) is 1.49. The maximum atomic E-state index is 12.8. The van der Waals surface area contributed by atoms with Crippen LogP contribution in [0.3, 0.4) is 0 Å². The van der Waals surface area contributed by atoms with Gasteiger partial charge in [-0.2, -0.15) is 0 Å². The maximum Gasteiger partial charge on any atom is 0.472 e. The highest BCUT2D eigenvalue weighted by Crippen LogP contribution is 2.43. The van der Waals surface area contributed by atoms with Crippen molar-refractivity contribution in [1.29, 1.82) is 0 Å². The van der Waals surface area contributed by atoms with E-state index in [0.717, 1.165) is 32.1 Å². The van der Waals surface area contributed by atoms with Crippen molar-refractivity contribution in [2.24, 2.45) is 0 Å². The minimum absolute atomic E-state index is 0.0349. The summed E-state index contributed by atoms with van der Waals surface area (Å²) in [6.07, 6.45) is 52.7. The first-order valence-electron chi connectivity index (χ1n) is 27.4. The quantitative estimate of drug-likeness (QED) is 0.0211. The molecule has 0 fully saturated rings. The summed E-state index contributed by atoms with van der Waals surface area (Å²) < 4.78 is 34.5. The number of quaternary nitrogens is 1. The number of carbonyl (C=O) groups excluding carboxylic acids is 2. The summed E-state index contributed by atoms with van der Waals surface area (Å²) in [5.74, 6) is -0.783. The van der Waals surface area contributed by atoms with Crippen LogP contribution in [0, 0.1) is 0 Å². The lowest BCUT2D eigenvalue weighted by Crippen LogP contribution is -2.37. The zero-order valence-electron chi connectivity index (χ0n) is 43.0. The van der Waals surface area contributed by atoms with Crippen LogP contribution in [0.5, 0.6) is 0 Å². The Morgan fingerprint density at radius 2 is 0.797 bits per heavy atom. The molecule has 64 heavy (non-hydrogen) atoms. The summed E-state index contributed by atoms with van der Waals surface area (Å²) >= 11 is 0. The minimum atomic E-state index is -4.38. The Kier molecular flexibility index (Phi) is 45.9. The van der Waals surface area contributed by atoms with Gasteiger partial charge in [0.25, 0.3) is 0 Å². The van der Waals surface area contributed by atoms with Crippen LogP contribution in [0.4, 0.5) is 0 Å². The molecule has 0 aromatic rings. The molecule has 0 aliphatic carbocycles. The number of carbonyl (C=O) groups is 2. The molecule has 0 aliphatic heterocycles. The molecule has 0 bridgehead atoms. The fourth-order valence-electron chi connectivity index (χ4n) is 8.01. The van der Waals surface area contributed by atoms with Gasteiger partial charge in [-0.05, 0) is 38.5 Å². The highest BCUT2D eigenvalue weighted by atomic mass is 31.2. The maximum absolute atomic E-state index is 12.8. The van der Waals surface area contributed by atoms with Crippen molar-refractivity contribution >= 4 is 19.8 Å². The number of esters is 2. The van der Waals surface area contributed by atoms with E-state index in [1.165, 1.54) is 205 Å². The summed E-state index contributed by atoms with van der Waals surface area (Å²) in [5.41, 5.74) is 0. The summed E-state index contributed by atoms with van der Waals surface area (Å²) in [4.78, 5) is 35.6. The normalized spacial score (nSPS) is 13.4. The monoisotopic (exact) mass is 929 g/mol. The number of rotatable bonds is 51. The van der Waals surface area contributed by atoms with Crippen molar-refractivity contribution in [3.8, 4) is 0 Å². The molecule has 9 nitrogen and oxygen atoms in total. The average molecular weight is 929 g/mol. The van der Waals surface area contributed by atoms with Crippen molar-refractivity contribution < 1.29 is 42.1 Å². The second-order valence-electron chi connectivity index (χ2n) is 20.0. The molecule has 0 aromatic heterocycles. The van der Waals surface area contributed by atoms with E-state index >= 15 is 0 Å². The zero-order valence-corrected chi connectivity index (χ0v) is 43.9. The first-order valence-corrected chi connectivity index (χ1v) is 28.9. The fourth-order valence-corrected chi connectivity index (χ4v) is 8.75. The number of ether oxygens (including phenoxy) is 2. The van der Waals surface area contributed by atoms with Gasteiger partial charge in [0.05, 0.1) is 27.7 Å². The van der Waals surface area contributed by atoms with Gasteiger partial charge in [0.15, 0.2) is 6.10 Å². The molecule has 0 spiro atoms. The number of hydrogen-bond acceptors (Lipinski definition) is 7. The standard InChI is InChI=1S/C54H106NO8P/c1-6-8-10-12-14-16-18-20-22-24-25-26-27-28-29-31-32-34-36-38-40-42-44-46-53(56)60-50-52(51-62-64(58,59)61-49-48-55(3,4)5)63-54(57)47-45-43-41-39-37-35-33-30-23-21-19-17-15-13-11-9-7-2/h17,19,52H,6-16,18,20-51H2,1-5H3/p+1/b19-17+/t52-/m0/s1. The van der Waals surface area contributed by atoms with Crippen molar-refractivity contribution in [2.45, 2.75) is 277 Å². The SMILES string of the molecule is CCCCCC/C=C/CCCCCCCCCCCC(=O)O[C@@H](COC(=O)CCCCCCCCCCCCCCCCCCCCCCCCC)COP(=O)(O)OCC[N+](C)(C)C. The van der Waals surface area contributed by atoms with Crippen LogP contribution in [0.15, 0.2) is 12.2 Å². The largest absolute Gasteiger partial charge is 0.472 e. The van der Waals surface area contributed by atoms with Crippen LogP contribution >= 0.6 is 7.82 Å². The van der Waals surface area contributed by atoms with E-state index < -0.39 is 26.5 Å². The Morgan fingerprint density at radius 3 is 1.17 bits per heavy atom. The highest BCUT2D eigenvalue weighted by molar-refractivity contribution is 7.47. The Morgan fingerprint density at radius 1 is 0.469 bits per heavy atom. The van der Waals surface area contributed by atoms with Gasteiger partial charge in [-0.3, -0.25) is 18.6 Å². The van der Waals surface area contributed by atoms with E-state index in [2.05, 4.69) is 26.0 Å². The van der Waals surface area contributed by atoms with Gasteiger partial charge in [-0.15, -0.1) is 0 Å². The Hall–Kier alpha value is -1.25. The van der Waals surface area contributed by atoms with E-state index in [-0.39, 0.29) is 25.6 Å². The minimum Gasteiger partial charge on any atom is -0.462 e. The van der Waals surface area contributed by atoms with Crippen LogP contribution in [-0.2, 0) is 32.7 Å². The van der Waals surface area contributed by atoms with E-state index in [1.807, 2.05) is 21.1 Å². The molecule has 2 atom stereocenters. The average Bonchev–Trinajstić information content (AvgIpc) is 3.25. The number of hydrogen-bond donors (Lipinski definition) is 1. The van der Waals surface area contributed by atoms with E-state index in [9.17, 15) is 19.0 Å². The van der Waals surface area contributed by atoms with Gasteiger partial charge in [-0.1, -0.05) is 231 Å². The zero-order chi connectivity index (χ0) is 47.1. The third-order valence-electron chi connectivity index (χ3n) is 12.3. The third-order valence-corrected chi connectivity index (χ3v) is 13.3. The Balaban J connectivity index is 4.14. The van der Waals surface area contributed by atoms with Gasteiger partial charge in [0, 0.05) is 12.8 Å². The molecule has 10 heteroatoms. The lowest BCUT2D eigenvalue weighted by molar-refractivity contribution is -0.870. The number of unbranched alkanes of at least 4 members (excludes halogenated alkanes) is 35. The molecule has 0 saturated carbocycles. The summed E-state index contributed by atoms with van der Waals surface area (Å²) in [6.45, 7) is 4.47. The van der Waals surface area contributed by atoms with E-state index in [4.69, 9.17) is 18.5 Å². The molecular weight excluding hydrogens is 822 g/mol. The second kappa shape index (κ2) is 46.8. The fraction of sp³-hybridized carbons (Fsp3) is 0.926. The molecular formula is C54H107NO8P+. The number of phosphoric acid groups is 1.